The number of hydrogen-bond donors (Lipinski definition) is 0. The van der Waals surface area contributed by atoms with E-state index in [1.165, 1.54) is 7.11 Å². The van der Waals surface area contributed by atoms with Crippen LogP contribution in [0.3, 0.4) is 0 Å². The maximum atomic E-state index is 12.9. The molecule has 112 valence electrons. The Bertz CT molecular complexity index is 977. The van der Waals surface area contributed by atoms with Crippen LogP contribution in [0.5, 0.6) is 0 Å². The normalized spacial score (nSPS) is 14.3. The van der Waals surface area contributed by atoms with Crippen LogP contribution in [0.15, 0.2) is 64.8 Å². The minimum atomic E-state index is -0.334. The second kappa shape index (κ2) is 4.95. The summed E-state index contributed by atoms with van der Waals surface area (Å²) in [6, 6.07) is 16.1. The molecule has 0 saturated carbocycles. The Balaban J connectivity index is 2.03. The number of fused-ring (bicyclic) bond motifs is 3. The van der Waals surface area contributed by atoms with Crippen LogP contribution in [0.25, 0.3) is 16.5 Å². The van der Waals surface area contributed by atoms with Gasteiger partial charge in [0.2, 0.25) is 11.6 Å². The number of methoxy groups -OCH3 is 1. The zero-order valence-corrected chi connectivity index (χ0v) is 12.3. The highest BCUT2D eigenvalue weighted by molar-refractivity contribution is 6.41. The minimum absolute atomic E-state index is 0.0558. The van der Waals surface area contributed by atoms with E-state index in [0.29, 0.717) is 16.5 Å². The fourth-order valence-corrected chi connectivity index (χ4v) is 2.94. The second-order valence-corrected chi connectivity index (χ2v) is 5.23. The molecule has 0 N–H and O–H groups in total. The summed E-state index contributed by atoms with van der Waals surface area (Å²) in [5.74, 6) is -0.527. The first-order valence-corrected chi connectivity index (χ1v) is 7.17. The van der Waals surface area contributed by atoms with Gasteiger partial charge in [-0.2, -0.15) is 0 Å². The van der Waals surface area contributed by atoms with Crippen molar-refractivity contribution in [2.45, 2.75) is 0 Å². The number of ketones is 2. The Hall–Kier alpha value is -3.14. The number of rotatable bonds is 2. The van der Waals surface area contributed by atoms with Crippen LogP contribution in [-0.4, -0.2) is 18.7 Å². The van der Waals surface area contributed by atoms with Crippen molar-refractivity contribution in [2.24, 2.45) is 0 Å². The van der Waals surface area contributed by atoms with Crippen LogP contribution < -0.4 is 0 Å². The SMILES string of the molecule is COC1=C(c2ccccc2)C(=O)c2oc3ccccc3c2C1=O. The second-order valence-electron chi connectivity index (χ2n) is 5.23. The van der Waals surface area contributed by atoms with Gasteiger partial charge in [-0.05, 0) is 11.6 Å². The predicted molar refractivity (Wildman–Crippen MR) is 85.2 cm³/mol. The van der Waals surface area contributed by atoms with Crippen LogP contribution in [0.2, 0.25) is 0 Å². The predicted octanol–water partition coefficient (Wildman–Crippen LogP) is 3.87. The van der Waals surface area contributed by atoms with Gasteiger partial charge in [-0.1, -0.05) is 48.5 Å². The first-order valence-electron chi connectivity index (χ1n) is 7.17. The molecule has 0 atom stereocenters. The average molecular weight is 304 g/mol. The van der Waals surface area contributed by atoms with Gasteiger partial charge in [-0.15, -0.1) is 0 Å². The molecule has 0 aliphatic heterocycles. The number of Topliss-reactive ketones (excluding diaryl/α,β-unsaturated/α-hetero) is 2. The van der Waals surface area contributed by atoms with Gasteiger partial charge in [0.25, 0.3) is 0 Å². The van der Waals surface area contributed by atoms with E-state index in [2.05, 4.69) is 0 Å². The number of carbonyl (C=O) groups excluding carboxylic acids is 2. The number of furan rings is 1. The smallest absolute Gasteiger partial charge is 0.233 e. The van der Waals surface area contributed by atoms with Gasteiger partial charge in [-0.25, -0.2) is 0 Å². The molecule has 4 rings (SSSR count). The molecular formula is C19H12O4. The lowest BCUT2D eigenvalue weighted by Crippen LogP contribution is -2.21. The molecule has 0 unspecified atom stereocenters. The molecule has 4 heteroatoms. The average Bonchev–Trinajstić information content (AvgIpc) is 2.98. The fraction of sp³-hybridized carbons (Fsp3) is 0.0526. The van der Waals surface area contributed by atoms with Gasteiger partial charge in [0.15, 0.2) is 11.5 Å². The highest BCUT2D eigenvalue weighted by atomic mass is 16.5. The van der Waals surface area contributed by atoms with Crippen LogP contribution in [0, 0.1) is 0 Å². The summed E-state index contributed by atoms with van der Waals surface area (Å²) in [6.07, 6.45) is 0. The van der Waals surface area contributed by atoms with Crippen LogP contribution in [-0.2, 0) is 4.74 Å². The molecule has 1 heterocycles. The maximum Gasteiger partial charge on any atom is 0.233 e. The summed E-state index contributed by atoms with van der Waals surface area (Å²) in [4.78, 5) is 25.8. The number of hydrogen-bond acceptors (Lipinski definition) is 4. The van der Waals surface area contributed by atoms with Crippen LogP contribution in [0.4, 0.5) is 0 Å². The molecule has 0 spiro atoms. The van der Waals surface area contributed by atoms with Gasteiger partial charge in [0.05, 0.1) is 18.2 Å². The summed E-state index contributed by atoms with van der Waals surface area (Å²) in [5.41, 5.74) is 1.67. The van der Waals surface area contributed by atoms with E-state index in [0.717, 1.165) is 0 Å². The van der Waals surface area contributed by atoms with Crippen molar-refractivity contribution in [3.05, 3.63) is 77.2 Å². The molecule has 4 nitrogen and oxygen atoms in total. The summed E-state index contributed by atoms with van der Waals surface area (Å²) in [5, 5.41) is 0.627. The molecular weight excluding hydrogens is 292 g/mol. The van der Waals surface area contributed by atoms with Crippen molar-refractivity contribution in [1.29, 1.82) is 0 Å². The molecule has 0 radical (unpaired) electrons. The zero-order chi connectivity index (χ0) is 16.0. The van der Waals surface area contributed by atoms with Crippen LogP contribution in [0.1, 0.15) is 26.5 Å². The molecule has 23 heavy (non-hydrogen) atoms. The van der Waals surface area contributed by atoms with E-state index in [-0.39, 0.29) is 34.2 Å². The number of carbonyl (C=O) groups is 2. The maximum absolute atomic E-state index is 12.9. The minimum Gasteiger partial charge on any atom is -0.492 e. The van der Waals surface area contributed by atoms with Crippen molar-refractivity contribution in [1.82, 2.24) is 0 Å². The molecule has 1 aliphatic rings. The molecule has 0 bridgehead atoms. The van der Waals surface area contributed by atoms with E-state index in [1.54, 1.807) is 36.4 Å². The quantitative estimate of drug-likeness (QED) is 0.721. The van der Waals surface area contributed by atoms with Gasteiger partial charge in [-0.3, -0.25) is 9.59 Å². The summed E-state index contributed by atoms with van der Waals surface area (Å²) >= 11 is 0. The number of allylic oxidation sites excluding steroid dienone is 2. The third-order valence-electron chi connectivity index (χ3n) is 3.96. The lowest BCUT2D eigenvalue weighted by molar-refractivity contribution is 0.0916. The van der Waals surface area contributed by atoms with Crippen LogP contribution >= 0.6 is 0 Å². The number of benzene rings is 2. The Morgan fingerprint density at radius 3 is 2.30 bits per heavy atom. The topological polar surface area (TPSA) is 56.5 Å². The van der Waals surface area contributed by atoms with E-state index in [1.807, 2.05) is 18.2 Å². The number of para-hydroxylation sites is 1. The summed E-state index contributed by atoms with van der Waals surface area (Å²) in [7, 11) is 1.40. The summed E-state index contributed by atoms with van der Waals surface area (Å²) < 4.78 is 10.9. The van der Waals surface area contributed by atoms with E-state index >= 15 is 0 Å². The van der Waals surface area contributed by atoms with Gasteiger partial charge < -0.3 is 9.15 Å². The lowest BCUT2D eigenvalue weighted by atomic mass is 9.88. The molecule has 1 aromatic heterocycles. The first kappa shape index (κ1) is 13.5. The fourth-order valence-electron chi connectivity index (χ4n) is 2.94. The third-order valence-corrected chi connectivity index (χ3v) is 3.96. The Labute approximate surface area is 132 Å². The third kappa shape index (κ3) is 1.85. The van der Waals surface area contributed by atoms with E-state index < -0.39 is 0 Å². The van der Waals surface area contributed by atoms with Crippen molar-refractivity contribution in [3.8, 4) is 0 Å². The van der Waals surface area contributed by atoms with Gasteiger partial charge >= 0.3 is 0 Å². The van der Waals surface area contributed by atoms with Gasteiger partial charge in [0.1, 0.15) is 5.58 Å². The molecule has 3 aromatic rings. The van der Waals surface area contributed by atoms with Gasteiger partial charge in [0, 0.05) is 5.39 Å². The molecule has 0 amide bonds. The molecule has 1 aliphatic carbocycles. The highest BCUT2D eigenvalue weighted by Gasteiger charge is 2.38. The Morgan fingerprint density at radius 2 is 1.57 bits per heavy atom. The van der Waals surface area contributed by atoms with Crippen molar-refractivity contribution in [2.75, 3.05) is 7.11 Å². The number of ether oxygens (including phenoxy) is 1. The lowest BCUT2D eigenvalue weighted by Gasteiger charge is -2.17. The van der Waals surface area contributed by atoms with Crippen molar-refractivity contribution >= 4 is 28.1 Å². The molecule has 2 aromatic carbocycles. The Morgan fingerprint density at radius 1 is 0.870 bits per heavy atom. The van der Waals surface area contributed by atoms with E-state index in [9.17, 15) is 9.59 Å². The standard InChI is InChI=1S/C19H12O4/c1-22-18-14(11-7-3-2-4-8-11)16(20)19-15(17(18)21)12-9-5-6-10-13(12)23-19/h2-10H,1H3. The highest BCUT2D eigenvalue weighted by Crippen LogP contribution is 2.37. The van der Waals surface area contributed by atoms with Crippen molar-refractivity contribution in [3.63, 3.8) is 0 Å². The monoisotopic (exact) mass is 304 g/mol. The zero-order valence-electron chi connectivity index (χ0n) is 12.3. The van der Waals surface area contributed by atoms with E-state index in [4.69, 9.17) is 9.15 Å². The molecule has 0 fully saturated rings. The van der Waals surface area contributed by atoms with Crippen molar-refractivity contribution < 1.29 is 18.7 Å². The Kier molecular flexibility index (Phi) is 2.91. The first-order chi connectivity index (χ1) is 11.2. The summed E-state index contributed by atoms with van der Waals surface area (Å²) in [6.45, 7) is 0. The molecule has 0 saturated heterocycles. The largest absolute Gasteiger partial charge is 0.492 e.